The zero-order valence-corrected chi connectivity index (χ0v) is 26.9. The van der Waals surface area contributed by atoms with Crippen LogP contribution in [0.15, 0.2) is 36.0 Å². The van der Waals surface area contributed by atoms with Crippen molar-refractivity contribution in [3.05, 3.63) is 36.0 Å². The quantitative estimate of drug-likeness (QED) is 0.0779. The molecule has 0 aromatic rings. The number of carbonyl (C=O) groups excluding carboxylic acids is 4. The first-order chi connectivity index (χ1) is 19.6. The Bertz CT molecular complexity index is 623. The molecule has 232 valence electrons. The second kappa shape index (κ2) is 41.5. The Labute approximate surface area is 248 Å². The predicted octanol–water partition coefficient (Wildman–Crippen LogP) is 11.5. The summed E-state index contributed by atoms with van der Waals surface area (Å²) in [6.45, 7) is 9.24. The van der Waals surface area contributed by atoms with Gasteiger partial charge in [0, 0.05) is 0 Å². The van der Waals surface area contributed by atoms with Crippen LogP contribution in [0.4, 0.5) is 0 Å². The van der Waals surface area contributed by atoms with Gasteiger partial charge in [-0.3, -0.25) is 0 Å². The van der Waals surface area contributed by atoms with E-state index in [1.165, 1.54) is 141 Å². The molecular formula is C36H64O4. The molecule has 0 radical (unpaired) electrons. The van der Waals surface area contributed by atoms with E-state index in [1.807, 2.05) is 0 Å². The molecule has 0 aromatic heterocycles. The molecule has 0 saturated carbocycles. The maximum atomic E-state index is 8.12. The molecule has 0 rings (SSSR count). The van der Waals surface area contributed by atoms with Crippen LogP contribution in [0.1, 0.15) is 175 Å². The average Bonchev–Trinajstić information content (AvgIpc) is 2.95. The largest absolute Gasteiger partial charge is 0.373 e. The fraction of sp³-hybridized carbons (Fsp3) is 0.778. The minimum Gasteiger partial charge on any atom is -0.186 e. The summed E-state index contributed by atoms with van der Waals surface area (Å²) in [7, 11) is 0. The molecule has 40 heavy (non-hydrogen) atoms. The third-order valence-electron chi connectivity index (χ3n) is 7.23. The van der Waals surface area contributed by atoms with E-state index in [-0.39, 0.29) is 12.3 Å². The minimum absolute atomic E-state index is 0.250. The second-order valence-corrected chi connectivity index (χ2v) is 10.8. The third-order valence-corrected chi connectivity index (χ3v) is 7.23. The predicted molar refractivity (Wildman–Crippen MR) is 169 cm³/mol. The molecule has 0 fully saturated rings. The van der Waals surface area contributed by atoms with E-state index in [4.69, 9.17) is 19.2 Å². The average molecular weight is 561 g/mol. The zero-order chi connectivity index (χ0) is 30.4. The maximum absolute atomic E-state index is 8.12. The summed E-state index contributed by atoms with van der Waals surface area (Å²) in [5, 5.41) is 0. The van der Waals surface area contributed by atoms with Gasteiger partial charge in [-0.05, 0) is 70.1 Å². The molecule has 4 nitrogen and oxygen atoms in total. The standard InChI is InChI=1S/C34H64.2CO2/c1-5-9-13-17-19-23-27-31-33(29-25-21-15-11-7-3)34(30-26-22-16-12-8-4)32-28-24-20-18-14-10-6-2;2*2-1-3/h19-20,23-24,31,34H,5-18,21-22,25-30,32H2,1-4H3;;/b23-19+,24-20+,33-31-;;. The Hall–Kier alpha value is -2.02. The molecule has 1 unspecified atom stereocenters. The van der Waals surface area contributed by atoms with Crippen LogP contribution in [0.3, 0.4) is 0 Å². The number of rotatable bonds is 26. The number of unbranched alkanes of at least 4 members (excludes halogenated alkanes) is 14. The Kier molecular flexibility index (Phi) is 44.0. The number of hydrogen-bond donors (Lipinski definition) is 0. The summed E-state index contributed by atoms with van der Waals surface area (Å²) in [5.41, 5.74) is 1.80. The van der Waals surface area contributed by atoms with Gasteiger partial charge in [0.15, 0.2) is 0 Å². The molecule has 0 aliphatic heterocycles. The molecule has 0 N–H and O–H groups in total. The van der Waals surface area contributed by atoms with E-state index in [0.717, 1.165) is 12.3 Å². The van der Waals surface area contributed by atoms with Crippen molar-refractivity contribution in [3.63, 3.8) is 0 Å². The lowest BCUT2D eigenvalue weighted by molar-refractivity contribution is -0.193. The monoisotopic (exact) mass is 560 g/mol. The van der Waals surface area contributed by atoms with Crippen molar-refractivity contribution in [2.75, 3.05) is 0 Å². The number of hydrogen-bond acceptors (Lipinski definition) is 4. The van der Waals surface area contributed by atoms with Crippen LogP contribution >= 0.6 is 0 Å². The van der Waals surface area contributed by atoms with Crippen LogP contribution in [0, 0.1) is 5.92 Å². The summed E-state index contributed by atoms with van der Waals surface area (Å²) in [5.74, 6) is 0.807. The SMILES string of the molecule is CCCCC/C=C/C/C=C(/CCCCCCC)C(CC/C=C/CCCCC)CCCCCCC.O=C=O.O=C=O. The van der Waals surface area contributed by atoms with Crippen molar-refractivity contribution in [2.24, 2.45) is 5.92 Å². The van der Waals surface area contributed by atoms with Gasteiger partial charge in [-0.1, -0.05) is 147 Å². The van der Waals surface area contributed by atoms with Crippen molar-refractivity contribution < 1.29 is 19.2 Å². The fourth-order valence-corrected chi connectivity index (χ4v) is 4.91. The lowest BCUT2D eigenvalue weighted by atomic mass is 9.85. The Morgan fingerprint density at radius 3 is 1.45 bits per heavy atom. The summed E-state index contributed by atoms with van der Waals surface area (Å²) < 4.78 is 0. The molecule has 0 amide bonds. The first kappa shape index (κ1) is 42.4. The van der Waals surface area contributed by atoms with Crippen LogP contribution in [-0.4, -0.2) is 12.3 Å². The van der Waals surface area contributed by atoms with Gasteiger partial charge in [-0.25, -0.2) is 0 Å². The summed E-state index contributed by atoms with van der Waals surface area (Å²) >= 11 is 0. The van der Waals surface area contributed by atoms with Crippen LogP contribution in [0.2, 0.25) is 0 Å². The highest BCUT2D eigenvalue weighted by Gasteiger charge is 2.13. The first-order valence-electron chi connectivity index (χ1n) is 16.6. The van der Waals surface area contributed by atoms with Gasteiger partial charge in [0.05, 0.1) is 0 Å². The van der Waals surface area contributed by atoms with Crippen LogP contribution in [-0.2, 0) is 19.2 Å². The molecule has 0 aliphatic carbocycles. The molecule has 0 spiro atoms. The van der Waals surface area contributed by atoms with Gasteiger partial charge in [0.25, 0.3) is 0 Å². The van der Waals surface area contributed by atoms with Crippen molar-refractivity contribution >= 4 is 12.3 Å². The van der Waals surface area contributed by atoms with Gasteiger partial charge in [-0.15, -0.1) is 0 Å². The highest BCUT2D eigenvalue weighted by atomic mass is 16.2. The smallest absolute Gasteiger partial charge is 0.186 e. The summed E-state index contributed by atoms with van der Waals surface area (Å²) in [4.78, 5) is 32.5. The van der Waals surface area contributed by atoms with Gasteiger partial charge in [-0.2, -0.15) is 19.2 Å². The Balaban J connectivity index is -0.00000207. The minimum atomic E-state index is 0.250. The van der Waals surface area contributed by atoms with Crippen LogP contribution in [0.5, 0.6) is 0 Å². The maximum Gasteiger partial charge on any atom is 0.373 e. The number of allylic oxidation sites excluding steroid dienone is 6. The normalized spacial score (nSPS) is 11.8. The van der Waals surface area contributed by atoms with Crippen LogP contribution in [0.25, 0.3) is 0 Å². The third kappa shape index (κ3) is 38.1. The van der Waals surface area contributed by atoms with Crippen molar-refractivity contribution in [2.45, 2.75) is 175 Å². The first-order valence-corrected chi connectivity index (χ1v) is 16.6. The molecule has 1 atom stereocenters. The molecule has 0 aliphatic rings. The van der Waals surface area contributed by atoms with Gasteiger partial charge < -0.3 is 0 Å². The van der Waals surface area contributed by atoms with Crippen molar-refractivity contribution in [1.29, 1.82) is 0 Å². The zero-order valence-electron chi connectivity index (χ0n) is 26.9. The molecule has 0 saturated heterocycles. The highest BCUT2D eigenvalue weighted by Crippen LogP contribution is 2.29. The molecule has 0 aromatic carbocycles. The fourth-order valence-electron chi connectivity index (χ4n) is 4.91. The van der Waals surface area contributed by atoms with E-state index in [1.54, 1.807) is 5.57 Å². The topological polar surface area (TPSA) is 68.3 Å². The van der Waals surface area contributed by atoms with E-state index < -0.39 is 0 Å². The Morgan fingerprint density at radius 1 is 0.500 bits per heavy atom. The Morgan fingerprint density at radius 2 is 0.925 bits per heavy atom. The van der Waals surface area contributed by atoms with Gasteiger partial charge >= 0.3 is 12.3 Å². The second-order valence-electron chi connectivity index (χ2n) is 10.8. The highest BCUT2D eigenvalue weighted by molar-refractivity contribution is 5.20. The lowest BCUT2D eigenvalue weighted by Crippen LogP contribution is -2.06. The molecule has 0 heterocycles. The van der Waals surface area contributed by atoms with Crippen molar-refractivity contribution in [3.8, 4) is 0 Å². The summed E-state index contributed by atoms with van der Waals surface area (Å²) in [6, 6.07) is 0. The van der Waals surface area contributed by atoms with Crippen LogP contribution < -0.4 is 0 Å². The summed E-state index contributed by atoms with van der Waals surface area (Å²) in [6.07, 6.45) is 44.2. The van der Waals surface area contributed by atoms with Gasteiger partial charge in [0.1, 0.15) is 0 Å². The van der Waals surface area contributed by atoms with Crippen molar-refractivity contribution in [1.82, 2.24) is 0 Å². The molecule has 4 heteroatoms. The molecule has 0 bridgehead atoms. The van der Waals surface area contributed by atoms with E-state index in [2.05, 4.69) is 58.1 Å². The van der Waals surface area contributed by atoms with E-state index >= 15 is 0 Å². The van der Waals surface area contributed by atoms with E-state index in [0.29, 0.717) is 0 Å². The van der Waals surface area contributed by atoms with Gasteiger partial charge in [0.2, 0.25) is 0 Å². The lowest BCUT2D eigenvalue weighted by Gasteiger charge is -2.21. The molecular weight excluding hydrogens is 496 g/mol. The van der Waals surface area contributed by atoms with E-state index in [9.17, 15) is 0 Å².